The molecule has 16 atom stereocenters. The quantitative estimate of drug-likeness (QED) is 0.0330. The number of hydrogen-bond acceptors (Lipinski definition) is 15. The van der Waals surface area contributed by atoms with E-state index < -0.39 is 47.7 Å². The van der Waals surface area contributed by atoms with Gasteiger partial charge >= 0.3 is 5.97 Å². The number of carboxylic acids is 1. The monoisotopic (exact) mass is 1170 g/mol. The Kier molecular flexibility index (Phi) is 28.2. The van der Waals surface area contributed by atoms with Crippen molar-refractivity contribution in [1.29, 1.82) is 0 Å². The number of ether oxygens (including phenoxy) is 6. The van der Waals surface area contributed by atoms with Gasteiger partial charge in [0.15, 0.2) is 0 Å². The predicted octanol–water partition coefficient (Wildman–Crippen LogP) is 7.62. The Morgan fingerprint density at radius 1 is 0.578 bits per heavy atom. The Bertz CT molecular complexity index is 2260. The van der Waals surface area contributed by atoms with Crippen LogP contribution in [0.1, 0.15) is 168 Å². The summed E-state index contributed by atoms with van der Waals surface area (Å²) in [5, 5.41) is 36.8. The van der Waals surface area contributed by atoms with Crippen LogP contribution in [0, 0.1) is 29.6 Å². The van der Waals surface area contributed by atoms with E-state index in [-0.39, 0.29) is 93.4 Å². The molecule has 0 unspecified atom stereocenters. The van der Waals surface area contributed by atoms with Crippen LogP contribution in [0.3, 0.4) is 0 Å². The summed E-state index contributed by atoms with van der Waals surface area (Å²) < 4.78 is 35.8. The van der Waals surface area contributed by atoms with Gasteiger partial charge in [0.05, 0.1) is 68.3 Å². The molecule has 0 aromatic rings. The third kappa shape index (κ3) is 22.4. The second kappa shape index (κ2) is 32.7. The van der Waals surface area contributed by atoms with Crippen LogP contribution in [0.4, 0.5) is 0 Å². The molecule has 2 aliphatic carbocycles. The molecule has 6 saturated heterocycles. The van der Waals surface area contributed by atoms with E-state index >= 15 is 0 Å². The first-order chi connectivity index (χ1) is 38.2. The van der Waals surface area contributed by atoms with Gasteiger partial charge in [0.25, 0.3) is 0 Å². The first kappa shape index (κ1) is 71.6. The number of aliphatic carboxylic acids is 1. The van der Waals surface area contributed by atoms with E-state index in [9.17, 15) is 29.4 Å². The molecule has 2 amide bonds. The fourth-order valence-electron chi connectivity index (χ4n) is 11.8. The summed E-state index contributed by atoms with van der Waals surface area (Å²) in [6, 6.07) is 1.05. The van der Waals surface area contributed by atoms with Gasteiger partial charge in [-0.05, 0) is 121 Å². The lowest BCUT2D eigenvalue weighted by molar-refractivity contribution is -0.155. The van der Waals surface area contributed by atoms with Crippen LogP contribution in [0.25, 0.3) is 0 Å². The number of carbonyl (C=O) groups excluding carboxylic acids is 3. The minimum absolute atomic E-state index is 0. The number of Topliss-reactive ketones (excluding diaryl/α,β-unsaturated/α-hetero) is 1. The van der Waals surface area contributed by atoms with E-state index in [2.05, 4.69) is 36.6 Å². The Morgan fingerprint density at radius 3 is 1.30 bits per heavy atom. The highest BCUT2D eigenvalue weighted by Gasteiger charge is 2.59. The maximum Gasteiger partial charge on any atom is 0.305 e. The topological polar surface area (TPSA) is 293 Å². The fraction of sp³-hybridized carbons (Fsp3) is 0.754. The zero-order valence-corrected chi connectivity index (χ0v) is 50.1. The zero-order valence-electron chi connectivity index (χ0n) is 50.1. The van der Waals surface area contributed by atoms with Gasteiger partial charge < -0.3 is 71.6 Å². The molecule has 6 heterocycles. The third-order valence-electron chi connectivity index (χ3n) is 17.2. The second-order valence-electron chi connectivity index (χ2n) is 25.8. The molecule has 0 bridgehead atoms. The van der Waals surface area contributed by atoms with Crippen LogP contribution in [-0.4, -0.2) is 155 Å². The molecule has 0 aromatic carbocycles. The van der Waals surface area contributed by atoms with Crippen molar-refractivity contribution in [3.8, 4) is 0 Å². The average molecular weight is 1170 g/mol. The average Bonchev–Trinajstić information content (AvgIpc) is 3.69. The molecule has 0 radical (unpaired) electrons. The maximum atomic E-state index is 12.6. The number of amides is 2. The van der Waals surface area contributed by atoms with Gasteiger partial charge in [0, 0.05) is 43.8 Å². The van der Waals surface area contributed by atoms with Crippen molar-refractivity contribution in [1.82, 2.24) is 10.6 Å². The maximum absolute atomic E-state index is 12.6. The van der Waals surface area contributed by atoms with Gasteiger partial charge in [-0.2, -0.15) is 0 Å². The molecule has 6 aliphatic heterocycles. The lowest BCUT2D eigenvalue weighted by atomic mass is 9.77. The van der Waals surface area contributed by atoms with Crippen LogP contribution >= 0.6 is 0 Å². The number of ketones is 1. The highest BCUT2D eigenvalue weighted by molar-refractivity contribution is 5.88. The summed E-state index contributed by atoms with van der Waals surface area (Å²) in [5.41, 5.74) is 17.4. The second-order valence-corrected chi connectivity index (χ2v) is 25.8. The van der Waals surface area contributed by atoms with E-state index in [0.29, 0.717) is 74.7 Å². The molecular weight excluding hydrogens is 1060 g/mol. The number of carbonyl (C=O) groups is 4. The first-order valence-corrected chi connectivity index (χ1v) is 30.1. The molecule has 2 saturated carbocycles. The summed E-state index contributed by atoms with van der Waals surface area (Å²) >= 11 is 0. The number of epoxide rings is 2. The first-order valence-electron chi connectivity index (χ1n) is 30.1. The Labute approximate surface area is 497 Å². The normalized spacial score (nSPS) is 38.6. The number of aliphatic hydroxyl groups excluding tert-OH is 2. The highest BCUT2D eigenvalue weighted by atomic mass is 16.6. The molecule has 8 aliphatic rings. The lowest BCUT2D eigenvalue weighted by Gasteiger charge is -2.39. The standard InChI is InChI=1S/C32H50N2O6.C27H41NO7.C4H10N2.2CH4/c1-19(2)6-11-30(36)34-27-12-21(4)28(39-22(27)5)9-7-20(3)8-10-29-31(37)32(18-38-32)17-26(40-29)16-25(35)15-23-13-24(33)14-23;1-16(2)6-11-24(29)28-21-12-18(4)22(34-19(21)5)9-7-17(3)8-10-23-26(32)27(15-33-27)14-20(35-23)13-25(30)31;5-3-1-4(6)2-3;;/h6-8,10-11,19,21-24,26-29,31,37H,9,12-18,33H2,1-5H3,(H,34,36);6-8,10-11,16,18-23,26,32H,9,12-15H2,1-5H3,(H,28,29)(H,30,31);3-4H,1-2,5-6H2;2*1H4/b10-8+,11-6-,20-7+;10-8+,11-6-,17-7+;;;/t21-,22+,23?,24?,26+,27+,28-,29+,31+,32+;18-,19+,20+,21+,22-,23+,26+,27+;;;/m00.../s1. The van der Waals surface area contributed by atoms with Crippen molar-refractivity contribution in [3.05, 3.63) is 71.9 Å². The van der Waals surface area contributed by atoms with Crippen molar-refractivity contribution in [2.75, 3.05) is 13.2 Å². The van der Waals surface area contributed by atoms with Crippen molar-refractivity contribution in [2.24, 2.45) is 46.8 Å². The van der Waals surface area contributed by atoms with E-state index in [4.69, 9.17) is 50.7 Å². The van der Waals surface area contributed by atoms with Crippen molar-refractivity contribution in [3.63, 3.8) is 0 Å². The van der Waals surface area contributed by atoms with Gasteiger partial charge in [-0.25, -0.2) is 0 Å². The van der Waals surface area contributed by atoms with Gasteiger partial charge in [-0.1, -0.05) is 116 Å². The molecule has 18 heteroatoms. The van der Waals surface area contributed by atoms with Gasteiger partial charge in [0.1, 0.15) is 41.4 Å². The van der Waals surface area contributed by atoms with Crippen LogP contribution in [0.2, 0.25) is 0 Å². The molecule has 18 nitrogen and oxygen atoms in total. The fourth-order valence-corrected chi connectivity index (χ4v) is 11.8. The van der Waals surface area contributed by atoms with E-state index in [1.807, 2.05) is 85.8 Å². The Balaban J connectivity index is 0.000000318. The SMILES string of the molecule is C.C.CC(/C=C/[C@H]1O[C@H](CC(=O)CC2CC(N)C2)C[C@@]2(CO2)[C@@H]1O)=C\C[C@@H]1O[C@H](C)[C@H](NC(=O)/C=C\C(C)C)C[C@@H]1C.CC(/C=C/[C@H]1O[C@H](CC(=O)O)C[C@@]2(CO2)[C@@H]1O)=C\C[C@@H]1O[C@H](C)[C@H](NC(=O)/C=C\C(C)C)C[C@@H]1C.NC1CC(N)C1. The summed E-state index contributed by atoms with van der Waals surface area (Å²) in [4.78, 5) is 48.2. The summed E-state index contributed by atoms with van der Waals surface area (Å²) in [7, 11) is 0. The third-order valence-corrected chi connectivity index (χ3v) is 17.2. The minimum atomic E-state index is -0.925. The van der Waals surface area contributed by atoms with Gasteiger partial charge in [-0.15, -0.1) is 0 Å². The lowest BCUT2D eigenvalue weighted by Crippen LogP contribution is -2.50. The zero-order chi connectivity index (χ0) is 59.3. The smallest absolute Gasteiger partial charge is 0.305 e. The van der Waals surface area contributed by atoms with Crippen LogP contribution in [0.15, 0.2) is 71.9 Å². The Hall–Kier alpha value is -3.92. The van der Waals surface area contributed by atoms with Crippen LogP contribution in [-0.2, 0) is 47.6 Å². The number of nitrogens with two attached hydrogens (primary N) is 3. The largest absolute Gasteiger partial charge is 0.481 e. The molecule has 8 rings (SSSR count). The number of nitrogens with one attached hydrogen (secondary N) is 2. The molecule has 0 aromatic heterocycles. The number of hydrogen-bond donors (Lipinski definition) is 8. The summed E-state index contributed by atoms with van der Waals surface area (Å²) in [5.74, 6) is 0.781. The van der Waals surface area contributed by atoms with E-state index in [1.54, 1.807) is 18.2 Å². The van der Waals surface area contributed by atoms with Crippen molar-refractivity contribution in [2.45, 2.75) is 270 Å². The number of allylic oxidation sites excluding steroid dienone is 6. The summed E-state index contributed by atoms with van der Waals surface area (Å²) in [6.45, 7) is 21.4. The van der Waals surface area contributed by atoms with Crippen molar-refractivity contribution >= 4 is 23.6 Å². The molecule has 11 N–H and O–H groups in total. The predicted molar refractivity (Wildman–Crippen MR) is 325 cm³/mol. The minimum Gasteiger partial charge on any atom is -0.481 e. The van der Waals surface area contributed by atoms with E-state index in [1.165, 1.54) is 0 Å². The Morgan fingerprint density at radius 2 is 0.964 bits per heavy atom. The molecule has 83 heavy (non-hydrogen) atoms. The highest BCUT2D eigenvalue weighted by Crippen LogP contribution is 2.45. The van der Waals surface area contributed by atoms with Gasteiger partial charge in [-0.3, -0.25) is 19.2 Å². The van der Waals surface area contributed by atoms with Crippen molar-refractivity contribution < 1.29 is 62.9 Å². The van der Waals surface area contributed by atoms with E-state index in [0.717, 1.165) is 62.5 Å². The van der Waals surface area contributed by atoms with Crippen LogP contribution < -0.4 is 27.8 Å². The number of rotatable bonds is 20. The number of carboxylic acid groups (broad SMARTS) is 1. The molecule has 8 fully saturated rings. The van der Waals surface area contributed by atoms with Crippen LogP contribution in [0.5, 0.6) is 0 Å². The summed E-state index contributed by atoms with van der Waals surface area (Å²) in [6.07, 6.45) is 24.2. The molecular formula is C65H109N5O13. The molecule has 2 spiro atoms. The molecule has 472 valence electrons. The number of aliphatic hydroxyl groups is 2. The van der Waals surface area contributed by atoms with Gasteiger partial charge in [0.2, 0.25) is 11.8 Å².